The van der Waals surface area contributed by atoms with E-state index in [0.717, 1.165) is 0 Å². The van der Waals surface area contributed by atoms with Crippen molar-refractivity contribution in [1.82, 2.24) is 0 Å². The Bertz CT molecular complexity index is 671. The van der Waals surface area contributed by atoms with Crippen molar-refractivity contribution in [3.8, 4) is 0 Å². The first-order chi connectivity index (χ1) is 11.5. The number of ether oxygens (including phenoxy) is 1. The minimum absolute atomic E-state index is 0.104. The molecule has 0 saturated heterocycles. The third-order valence-electron chi connectivity index (χ3n) is 3.66. The van der Waals surface area contributed by atoms with Gasteiger partial charge in [-0.2, -0.15) is 0 Å². The van der Waals surface area contributed by atoms with Gasteiger partial charge in [0.25, 0.3) is 6.47 Å². The van der Waals surface area contributed by atoms with Gasteiger partial charge in [0.15, 0.2) is 11.5 Å². The van der Waals surface area contributed by atoms with Gasteiger partial charge in [-0.1, -0.05) is 6.07 Å². The van der Waals surface area contributed by atoms with Crippen molar-refractivity contribution in [3.05, 3.63) is 35.1 Å². The van der Waals surface area contributed by atoms with Crippen molar-refractivity contribution in [3.63, 3.8) is 0 Å². The van der Waals surface area contributed by atoms with Crippen LogP contribution in [0.15, 0.2) is 23.2 Å². The van der Waals surface area contributed by atoms with Crippen LogP contribution in [0.5, 0.6) is 0 Å². The molecule has 1 heterocycles. The average Bonchev–Trinajstić information content (AvgIpc) is 2.48. The first-order valence-electron chi connectivity index (χ1n) is 7.54. The summed E-state index contributed by atoms with van der Waals surface area (Å²) in [6.45, 7) is 4.28. The molecule has 0 spiro atoms. The zero-order valence-corrected chi connectivity index (χ0v) is 14.4. The fourth-order valence-electron chi connectivity index (χ4n) is 2.36. The summed E-state index contributed by atoms with van der Waals surface area (Å²) in [5.74, 6) is -0.724. The number of ketones is 1. The summed E-state index contributed by atoms with van der Waals surface area (Å²) in [7, 11) is 0. The van der Waals surface area contributed by atoms with E-state index in [0.29, 0.717) is 11.4 Å². The molecule has 2 rings (SSSR count). The lowest BCUT2D eigenvalue weighted by Gasteiger charge is -2.30. The maximum atomic E-state index is 14.2. The van der Waals surface area contributed by atoms with Crippen molar-refractivity contribution in [1.29, 1.82) is 0 Å². The number of rotatable bonds is 4. The highest BCUT2D eigenvalue weighted by atomic mass is 19.1. The van der Waals surface area contributed by atoms with Gasteiger partial charge in [0.1, 0.15) is 23.8 Å². The van der Waals surface area contributed by atoms with E-state index in [1.807, 2.05) is 0 Å². The van der Waals surface area contributed by atoms with E-state index in [9.17, 15) is 13.6 Å². The number of hydrogen-bond acceptors (Lipinski definition) is 5. The largest absolute Gasteiger partial charge is 0.483 e. The second-order valence-corrected chi connectivity index (χ2v) is 6.36. The van der Waals surface area contributed by atoms with Crippen LogP contribution in [0.3, 0.4) is 0 Å². The lowest BCUT2D eigenvalue weighted by atomic mass is 9.89. The Kier molecular flexibility index (Phi) is 6.75. The molecule has 25 heavy (non-hydrogen) atoms. The third kappa shape index (κ3) is 5.60. The summed E-state index contributed by atoms with van der Waals surface area (Å²) < 4.78 is 33.2. The Morgan fingerprint density at radius 3 is 2.64 bits per heavy atom. The van der Waals surface area contributed by atoms with E-state index < -0.39 is 22.8 Å². The predicted molar refractivity (Wildman–Crippen MR) is 88.8 cm³/mol. The van der Waals surface area contributed by atoms with Crippen molar-refractivity contribution in [2.75, 3.05) is 13.2 Å². The fourth-order valence-corrected chi connectivity index (χ4v) is 2.36. The van der Waals surface area contributed by atoms with Gasteiger partial charge in [-0.25, -0.2) is 8.78 Å². The molecule has 138 valence electrons. The molecular weight excluding hydrogens is 334 g/mol. The number of nitrogens with zero attached hydrogens (tertiary/aromatic N) is 1. The number of aliphatic imine (C=N–C) groups is 1. The lowest BCUT2D eigenvalue weighted by molar-refractivity contribution is -0.127. The molecule has 0 fully saturated rings. The number of amidine groups is 1. The topological polar surface area (TPSA) is 102 Å². The molecule has 0 bridgehead atoms. The minimum atomic E-state index is -1.92. The molecule has 0 saturated carbocycles. The van der Waals surface area contributed by atoms with Crippen LogP contribution in [-0.4, -0.2) is 42.1 Å². The Morgan fingerprint density at radius 1 is 1.52 bits per heavy atom. The molecular formula is C17H22F2N2O4. The molecule has 0 unspecified atom stereocenters. The summed E-state index contributed by atoms with van der Waals surface area (Å²) in [6, 6.07) is 4.27. The minimum Gasteiger partial charge on any atom is -0.483 e. The summed E-state index contributed by atoms with van der Waals surface area (Å²) in [5.41, 5.74) is 3.63. The van der Waals surface area contributed by atoms with Crippen LogP contribution < -0.4 is 5.73 Å². The summed E-state index contributed by atoms with van der Waals surface area (Å²) in [5, 5.41) is 6.89. The van der Waals surface area contributed by atoms with E-state index in [4.69, 9.17) is 20.4 Å². The van der Waals surface area contributed by atoms with Crippen LogP contribution in [0.2, 0.25) is 0 Å². The molecule has 8 heteroatoms. The van der Waals surface area contributed by atoms with Crippen LogP contribution in [0.1, 0.15) is 31.9 Å². The average molecular weight is 356 g/mol. The SMILES string of the molecule is CC(C)(F)C(=O)Cc1ccc(F)c([C@]2(C)COCC(N)=N2)c1.O=CO. The van der Waals surface area contributed by atoms with E-state index in [-0.39, 0.29) is 31.7 Å². The first kappa shape index (κ1) is 20.7. The normalized spacial score (nSPS) is 20.1. The van der Waals surface area contributed by atoms with Gasteiger partial charge in [0, 0.05) is 12.0 Å². The van der Waals surface area contributed by atoms with Gasteiger partial charge in [0.2, 0.25) is 0 Å². The van der Waals surface area contributed by atoms with E-state index in [2.05, 4.69) is 4.99 Å². The van der Waals surface area contributed by atoms with Crippen molar-refractivity contribution in [2.24, 2.45) is 10.7 Å². The number of carbonyl (C=O) groups excluding carboxylic acids is 1. The Hall–Kier alpha value is -2.35. The highest BCUT2D eigenvalue weighted by Gasteiger charge is 2.33. The molecule has 1 aromatic rings. The standard InChI is InChI=1S/C16H20F2N2O2.CH2O2/c1-15(2,18)13(21)7-10-4-5-12(17)11(6-10)16(3)9-22-8-14(19)20-16;2-1-3/h4-6H,7-9H2,1-3H3,(H2,19,20);1H,(H,2,3)/t16-;/m0./s1. The molecule has 0 aromatic heterocycles. The van der Waals surface area contributed by atoms with Gasteiger partial charge < -0.3 is 15.6 Å². The van der Waals surface area contributed by atoms with Crippen molar-refractivity contribution in [2.45, 2.75) is 38.4 Å². The smallest absolute Gasteiger partial charge is 0.290 e. The summed E-state index contributed by atoms with van der Waals surface area (Å²) in [6.07, 6.45) is -0.104. The maximum Gasteiger partial charge on any atom is 0.290 e. The van der Waals surface area contributed by atoms with Crippen LogP contribution in [-0.2, 0) is 26.3 Å². The van der Waals surface area contributed by atoms with Gasteiger partial charge in [-0.3, -0.25) is 14.6 Å². The van der Waals surface area contributed by atoms with Crippen LogP contribution in [0.25, 0.3) is 0 Å². The van der Waals surface area contributed by atoms with Gasteiger partial charge in [-0.05, 0) is 38.5 Å². The van der Waals surface area contributed by atoms with Crippen LogP contribution in [0, 0.1) is 5.82 Å². The van der Waals surface area contributed by atoms with E-state index in [1.165, 1.54) is 32.0 Å². The number of alkyl halides is 1. The zero-order valence-electron chi connectivity index (χ0n) is 14.4. The number of carbonyl (C=O) groups is 2. The highest BCUT2D eigenvalue weighted by molar-refractivity contribution is 5.88. The van der Waals surface area contributed by atoms with E-state index in [1.54, 1.807) is 6.92 Å². The van der Waals surface area contributed by atoms with Crippen molar-refractivity contribution < 1.29 is 28.2 Å². The molecule has 1 atom stereocenters. The quantitative estimate of drug-likeness (QED) is 0.803. The Morgan fingerprint density at radius 2 is 2.12 bits per heavy atom. The number of hydrogen-bond donors (Lipinski definition) is 2. The van der Waals surface area contributed by atoms with Gasteiger partial charge >= 0.3 is 0 Å². The van der Waals surface area contributed by atoms with Crippen LogP contribution in [0.4, 0.5) is 8.78 Å². The lowest BCUT2D eigenvalue weighted by Crippen LogP contribution is -2.38. The molecule has 0 aliphatic carbocycles. The number of halogens is 2. The molecule has 1 aliphatic heterocycles. The first-order valence-corrected chi connectivity index (χ1v) is 7.54. The number of Topliss-reactive ketones (excluding diaryl/α,β-unsaturated/α-hetero) is 1. The third-order valence-corrected chi connectivity index (χ3v) is 3.66. The van der Waals surface area contributed by atoms with Crippen molar-refractivity contribution >= 4 is 18.1 Å². The number of nitrogens with two attached hydrogens (primary N) is 1. The molecule has 6 nitrogen and oxygen atoms in total. The summed E-state index contributed by atoms with van der Waals surface area (Å²) >= 11 is 0. The zero-order chi connectivity index (χ0) is 19.3. The Labute approximate surface area is 144 Å². The van der Waals surface area contributed by atoms with Gasteiger partial charge in [-0.15, -0.1) is 0 Å². The fraction of sp³-hybridized carbons (Fsp3) is 0.471. The molecule has 1 aliphatic rings. The summed E-state index contributed by atoms with van der Waals surface area (Å²) in [4.78, 5) is 24.4. The highest BCUT2D eigenvalue weighted by Crippen LogP contribution is 2.31. The molecule has 0 radical (unpaired) electrons. The number of carboxylic acid groups (broad SMARTS) is 1. The second-order valence-electron chi connectivity index (χ2n) is 6.36. The Balaban J connectivity index is 0.000000970. The molecule has 3 N–H and O–H groups in total. The molecule has 1 aromatic carbocycles. The maximum absolute atomic E-state index is 14.2. The second kappa shape index (κ2) is 8.15. The molecule has 0 amide bonds. The van der Waals surface area contributed by atoms with Crippen LogP contribution >= 0.6 is 0 Å². The monoisotopic (exact) mass is 356 g/mol. The van der Waals surface area contributed by atoms with Gasteiger partial charge in [0.05, 0.1) is 6.61 Å². The predicted octanol–water partition coefficient (Wildman–Crippen LogP) is 1.99. The van der Waals surface area contributed by atoms with E-state index >= 15 is 0 Å². The number of benzene rings is 1.